The Hall–Kier alpha value is -2.12. The summed E-state index contributed by atoms with van der Waals surface area (Å²) in [6.07, 6.45) is -2.89. The smallest absolute Gasteiger partial charge is 0.404 e. The van der Waals surface area contributed by atoms with Crippen LogP contribution in [0.2, 0.25) is 0 Å². The Morgan fingerprint density at radius 1 is 1.21 bits per heavy atom. The highest BCUT2D eigenvalue weighted by Crippen LogP contribution is 2.28. The van der Waals surface area contributed by atoms with Crippen LogP contribution in [0.25, 0.3) is 0 Å². The quantitative estimate of drug-likeness (QED) is 0.769. The van der Waals surface area contributed by atoms with E-state index in [1.807, 2.05) is 51.1 Å². The Bertz CT molecular complexity index is 542. The topological polar surface area (TPSA) is 91.1 Å². The van der Waals surface area contributed by atoms with Gasteiger partial charge in [-0.05, 0) is 5.56 Å². The predicted molar refractivity (Wildman–Crippen MR) is 88.7 cm³/mol. The molecule has 0 heterocycles. The minimum Gasteiger partial charge on any atom is -0.442 e. The molecule has 0 aliphatic rings. The molecular weight excluding hydrogens is 312 g/mol. The van der Waals surface area contributed by atoms with E-state index in [2.05, 4.69) is 0 Å². The van der Waals surface area contributed by atoms with E-state index < -0.39 is 29.6 Å². The van der Waals surface area contributed by atoms with Gasteiger partial charge < -0.3 is 15.2 Å². The summed E-state index contributed by atoms with van der Waals surface area (Å²) in [5, 5.41) is 1.04. The number of rotatable bonds is 7. The lowest BCUT2D eigenvalue weighted by atomic mass is 9.85. The minimum absolute atomic E-state index is 0.184. The molecule has 7 nitrogen and oxygen atoms in total. The summed E-state index contributed by atoms with van der Waals surface area (Å²) < 4.78 is 11.0. The van der Waals surface area contributed by atoms with Gasteiger partial charge in [0.25, 0.3) is 5.91 Å². The van der Waals surface area contributed by atoms with E-state index in [1.54, 1.807) is 0 Å². The van der Waals surface area contributed by atoms with Crippen LogP contribution in [0.3, 0.4) is 0 Å². The lowest BCUT2D eigenvalue weighted by molar-refractivity contribution is -0.193. The van der Waals surface area contributed by atoms with Crippen LogP contribution in [-0.2, 0) is 25.7 Å². The van der Waals surface area contributed by atoms with Crippen LogP contribution >= 0.6 is 0 Å². The van der Waals surface area contributed by atoms with Crippen molar-refractivity contribution in [1.29, 1.82) is 0 Å². The zero-order valence-corrected chi connectivity index (χ0v) is 14.8. The summed E-state index contributed by atoms with van der Waals surface area (Å²) in [5.74, 6) is -0.463. The van der Waals surface area contributed by atoms with Gasteiger partial charge in [0.2, 0.25) is 0 Å². The Labute approximate surface area is 142 Å². The summed E-state index contributed by atoms with van der Waals surface area (Å²) in [6.45, 7) is 5.68. The molecule has 1 aromatic carbocycles. The molecule has 0 spiro atoms. The number of amides is 2. The van der Waals surface area contributed by atoms with E-state index >= 15 is 0 Å². The average molecular weight is 338 g/mol. The molecule has 0 aliphatic heterocycles. The molecule has 0 aromatic heterocycles. The summed E-state index contributed by atoms with van der Waals surface area (Å²) >= 11 is 0. The lowest BCUT2D eigenvalue weighted by Gasteiger charge is -2.36. The molecule has 24 heavy (non-hydrogen) atoms. The molecule has 2 atom stereocenters. The molecule has 0 radical (unpaired) electrons. The molecular formula is C17H26N2O5. The normalized spacial score (nSPS) is 13.9. The molecule has 2 N–H and O–H groups in total. The van der Waals surface area contributed by atoms with Gasteiger partial charge in [0.15, 0.2) is 6.10 Å². The van der Waals surface area contributed by atoms with Crippen molar-refractivity contribution in [3.63, 3.8) is 0 Å². The van der Waals surface area contributed by atoms with Crippen molar-refractivity contribution in [2.75, 3.05) is 14.2 Å². The zero-order valence-electron chi connectivity index (χ0n) is 14.8. The van der Waals surface area contributed by atoms with Gasteiger partial charge in [-0.3, -0.25) is 9.63 Å². The monoisotopic (exact) mass is 338 g/mol. The second kappa shape index (κ2) is 8.65. The highest BCUT2D eigenvalue weighted by molar-refractivity contribution is 5.81. The number of benzene rings is 1. The summed E-state index contributed by atoms with van der Waals surface area (Å²) in [4.78, 5) is 28.8. The van der Waals surface area contributed by atoms with Crippen LogP contribution in [0, 0.1) is 5.41 Å². The second-order valence-electron chi connectivity index (χ2n) is 6.46. The molecule has 0 saturated heterocycles. The van der Waals surface area contributed by atoms with Gasteiger partial charge in [-0.15, -0.1) is 0 Å². The van der Waals surface area contributed by atoms with Gasteiger partial charge >= 0.3 is 6.09 Å². The fraction of sp³-hybridized carbons (Fsp3) is 0.529. The number of hydrogen-bond acceptors (Lipinski definition) is 5. The van der Waals surface area contributed by atoms with Crippen LogP contribution in [0.1, 0.15) is 26.3 Å². The van der Waals surface area contributed by atoms with Gasteiger partial charge in [0, 0.05) is 12.5 Å². The van der Waals surface area contributed by atoms with Crippen LogP contribution < -0.4 is 5.73 Å². The number of nitrogens with two attached hydrogens (primary N) is 1. The SMILES string of the molecule is CON(C)C(=O)C(OCc1ccccc1)C(OC(N)=O)C(C)(C)C. The Balaban J connectivity index is 3.05. The number of likely N-dealkylation sites (N-methyl/N-ethyl adjacent to an activating group) is 1. The number of ether oxygens (including phenoxy) is 2. The molecule has 0 fully saturated rings. The molecule has 1 aromatic rings. The third-order valence-corrected chi connectivity index (χ3v) is 3.47. The molecule has 0 bridgehead atoms. The van der Waals surface area contributed by atoms with E-state index in [4.69, 9.17) is 20.0 Å². The molecule has 2 unspecified atom stereocenters. The first-order valence-corrected chi connectivity index (χ1v) is 7.60. The minimum atomic E-state index is -1.05. The lowest BCUT2D eigenvalue weighted by Crippen LogP contribution is -2.51. The molecule has 0 saturated carbocycles. The fourth-order valence-electron chi connectivity index (χ4n) is 2.14. The third kappa shape index (κ3) is 5.82. The maximum absolute atomic E-state index is 12.6. The highest BCUT2D eigenvalue weighted by Gasteiger charge is 2.42. The second-order valence-corrected chi connectivity index (χ2v) is 6.46. The zero-order chi connectivity index (χ0) is 18.3. The van der Waals surface area contributed by atoms with Crippen LogP contribution in [0.15, 0.2) is 30.3 Å². The first-order valence-electron chi connectivity index (χ1n) is 7.60. The van der Waals surface area contributed by atoms with Crippen LogP contribution in [0.5, 0.6) is 0 Å². The first-order chi connectivity index (χ1) is 11.2. The van der Waals surface area contributed by atoms with Crippen molar-refractivity contribution in [3.05, 3.63) is 35.9 Å². The Morgan fingerprint density at radius 3 is 2.25 bits per heavy atom. The largest absolute Gasteiger partial charge is 0.442 e. The van der Waals surface area contributed by atoms with Gasteiger partial charge in [-0.1, -0.05) is 51.1 Å². The van der Waals surface area contributed by atoms with Crippen molar-refractivity contribution < 1.29 is 23.9 Å². The third-order valence-electron chi connectivity index (χ3n) is 3.47. The van der Waals surface area contributed by atoms with Crippen molar-refractivity contribution >= 4 is 12.0 Å². The van der Waals surface area contributed by atoms with E-state index in [0.29, 0.717) is 0 Å². The summed E-state index contributed by atoms with van der Waals surface area (Å²) in [6, 6.07) is 9.39. The van der Waals surface area contributed by atoms with Crippen LogP contribution in [0.4, 0.5) is 4.79 Å². The van der Waals surface area contributed by atoms with Gasteiger partial charge in [-0.2, -0.15) is 0 Å². The van der Waals surface area contributed by atoms with Crippen molar-refractivity contribution in [3.8, 4) is 0 Å². The van der Waals surface area contributed by atoms with E-state index in [0.717, 1.165) is 10.6 Å². The number of hydroxylamine groups is 2. The molecule has 2 amide bonds. The highest BCUT2D eigenvalue weighted by atomic mass is 16.7. The fourth-order valence-corrected chi connectivity index (χ4v) is 2.14. The standard InChI is InChI=1S/C17H26N2O5/c1-17(2,3)14(24-16(18)21)13(15(20)19(4)22-5)23-11-12-9-7-6-8-10-12/h6-10,13-14H,11H2,1-5H3,(H2,18,21). The molecule has 7 heteroatoms. The van der Waals surface area contributed by atoms with Gasteiger partial charge in [0.1, 0.15) is 6.10 Å². The first kappa shape index (κ1) is 19.9. The number of hydrogen-bond donors (Lipinski definition) is 1. The average Bonchev–Trinajstić information content (AvgIpc) is 2.52. The van der Waals surface area contributed by atoms with E-state index in [1.165, 1.54) is 14.2 Å². The molecule has 0 aliphatic carbocycles. The maximum Gasteiger partial charge on any atom is 0.404 e. The number of carbonyl (C=O) groups is 2. The predicted octanol–water partition coefficient (Wildman–Crippen LogP) is 2.10. The van der Waals surface area contributed by atoms with Gasteiger partial charge in [-0.25, -0.2) is 9.86 Å². The number of nitrogens with zero attached hydrogens (tertiary/aromatic N) is 1. The molecule has 134 valence electrons. The number of carbonyl (C=O) groups excluding carboxylic acids is 2. The van der Waals surface area contributed by atoms with E-state index in [-0.39, 0.29) is 6.61 Å². The van der Waals surface area contributed by atoms with Crippen molar-refractivity contribution in [1.82, 2.24) is 5.06 Å². The Kier molecular flexibility index (Phi) is 7.18. The maximum atomic E-state index is 12.6. The van der Waals surface area contributed by atoms with Crippen molar-refractivity contribution in [2.45, 2.75) is 39.6 Å². The summed E-state index contributed by atoms with van der Waals surface area (Å²) in [5.41, 5.74) is 5.49. The summed E-state index contributed by atoms with van der Waals surface area (Å²) in [7, 11) is 2.83. The van der Waals surface area contributed by atoms with Gasteiger partial charge in [0.05, 0.1) is 13.7 Å². The van der Waals surface area contributed by atoms with E-state index in [9.17, 15) is 9.59 Å². The Morgan fingerprint density at radius 2 is 1.79 bits per heavy atom. The van der Waals surface area contributed by atoms with Crippen LogP contribution in [-0.4, -0.2) is 43.4 Å². The molecule has 1 rings (SSSR count). The van der Waals surface area contributed by atoms with Crippen molar-refractivity contribution in [2.24, 2.45) is 11.1 Å². The number of primary amides is 1.